The van der Waals surface area contributed by atoms with E-state index in [9.17, 15) is 18.3 Å². The molecule has 0 saturated carbocycles. The van der Waals surface area contributed by atoms with Crippen molar-refractivity contribution in [3.8, 4) is 11.5 Å². The first-order valence-electron chi connectivity index (χ1n) is 13.9. The lowest BCUT2D eigenvalue weighted by Crippen LogP contribution is -2.41. The molecule has 4 aromatic rings. The standard InChI is InChI=1S/C34H31FN2O5S/c1-34(2)19-27-32(43(40,41)21-34)31(25-17-16-24(18-26(25)35)42-20-22-10-5-3-6-11-22)37(33(39)23-12-7-4-8-13-23)28-14-9-15-29(38)30(28)36-27/h3-18,31,36,38H,19-21H2,1-2H3. The number of carbonyl (C=O) groups is 1. The Labute approximate surface area is 250 Å². The molecule has 2 heterocycles. The molecule has 43 heavy (non-hydrogen) atoms. The van der Waals surface area contributed by atoms with Gasteiger partial charge in [0, 0.05) is 22.9 Å². The third kappa shape index (κ3) is 5.48. The van der Waals surface area contributed by atoms with E-state index in [0.29, 0.717) is 12.1 Å². The van der Waals surface area contributed by atoms with Crippen molar-refractivity contribution in [1.29, 1.82) is 0 Å². The van der Waals surface area contributed by atoms with E-state index in [4.69, 9.17) is 4.74 Å². The summed E-state index contributed by atoms with van der Waals surface area (Å²) < 4.78 is 50.3. The molecule has 1 atom stereocenters. The van der Waals surface area contributed by atoms with E-state index < -0.39 is 33.0 Å². The van der Waals surface area contributed by atoms with Crippen LogP contribution in [0.4, 0.5) is 15.8 Å². The molecule has 1 unspecified atom stereocenters. The van der Waals surface area contributed by atoms with E-state index in [1.54, 1.807) is 48.5 Å². The number of amides is 1. The number of halogens is 1. The zero-order valence-electron chi connectivity index (χ0n) is 23.7. The number of nitrogens with one attached hydrogen (secondary N) is 1. The maximum absolute atomic E-state index is 16.2. The van der Waals surface area contributed by atoms with Gasteiger partial charge < -0.3 is 15.2 Å². The van der Waals surface area contributed by atoms with Crippen LogP contribution < -0.4 is 15.0 Å². The van der Waals surface area contributed by atoms with E-state index in [2.05, 4.69) is 5.32 Å². The van der Waals surface area contributed by atoms with Gasteiger partial charge in [0.2, 0.25) is 0 Å². The predicted octanol–water partition coefficient (Wildman–Crippen LogP) is 6.98. The van der Waals surface area contributed by atoms with Crippen molar-refractivity contribution in [3.63, 3.8) is 0 Å². The highest BCUT2D eigenvalue weighted by molar-refractivity contribution is 7.95. The van der Waals surface area contributed by atoms with Crippen LogP contribution in [0.5, 0.6) is 11.5 Å². The zero-order chi connectivity index (χ0) is 30.4. The molecule has 2 N–H and O–H groups in total. The monoisotopic (exact) mass is 598 g/mol. The second kappa shape index (κ2) is 10.9. The zero-order valence-corrected chi connectivity index (χ0v) is 24.6. The molecule has 0 bridgehead atoms. The van der Waals surface area contributed by atoms with E-state index in [1.807, 2.05) is 44.2 Å². The van der Waals surface area contributed by atoms with Crippen LogP contribution in [-0.2, 0) is 16.4 Å². The number of hydrogen-bond acceptors (Lipinski definition) is 6. The Kier molecular flexibility index (Phi) is 7.22. The van der Waals surface area contributed by atoms with E-state index in [-0.39, 0.29) is 51.3 Å². The number of anilines is 2. The van der Waals surface area contributed by atoms with Crippen LogP contribution in [0, 0.1) is 11.2 Å². The smallest absolute Gasteiger partial charge is 0.259 e. The topological polar surface area (TPSA) is 95.9 Å². The van der Waals surface area contributed by atoms with Crippen LogP contribution in [0.15, 0.2) is 108 Å². The third-order valence-electron chi connectivity index (χ3n) is 7.69. The number of aromatic hydroxyl groups is 1. The van der Waals surface area contributed by atoms with Gasteiger partial charge in [0.15, 0.2) is 9.84 Å². The van der Waals surface area contributed by atoms with Crippen molar-refractivity contribution >= 4 is 27.1 Å². The number of nitrogens with zero attached hydrogens (tertiary/aromatic N) is 1. The van der Waals surface area contributed by atoms with E-state index in [0.717, 1.165) is 5.56 Å². The van der Waals surface area contributed by atoms with Gasteiger partial charge in [0.25, 0.3) is 5.91 Å². The molecule has 6 rings (SSSR count). The molecule has 220 valence electrons. The number of allylic oxidation sites excluding steroid dienone is 1. The number of phenols is 1. The molecule has 0 spiro atoms. The Morgan fingerprint density at radius 2 is 1.70 bits per heavy atom. The second-order valence-electron chi connectivity index (χ2n) is 11.6. The number of sulfone groups is 1. The van der Waals surface area contributed by atoms with Crippen LogP contribution in [-0.4, -0.2) is 25.2 Å². The average molecular weight is 599 g/mol. The third-order valence-corrected chi connectivity index (χ3v) is 9.99. The Morgan fingerprint density at radius 3 is 2.40 bits per heavy atom. The number of para-hydroxylation sites is 1. The second-order valence-corrected chi connectivity index (χ2v) is 13.6. The fraction of sp³-hybridized carbons (Fsp3) is 0.206. The Morgan fingerprint density at radius 1 is 1.00 bits per heavy atom. The summed E-state index contributed by atoms with van der Waals surface area (Å²) >= 11 is 0. The fourth-order valence-electron chi connectivity index (χ4n) is 5.89. The van der Waals surface area contributed by atoms with Crippen LogP contribution in [0.2, 0.25) is 0 Å². The molecule has 0 aliphatic carbocycles. The lowest BCUT2D eigenvalue weighted by molar-refractivity contribution is 0.0980. The highest BCUT2D eigenvalue weighted by Crippen LogP contribution is 2.52. The molecular formula is C34H31FN2O5S. The normalized spacial score (nSPS) is 18.6. The maximum atomic E-state index is 16.2. The number of carbonyl (C=O) groups excluding carboxylic acids is 1. The molecule has 1 amide bonds. The highest BCUT2D eigenvalue weighted by Gasteiger charge is 2.47. The molecule has 2 aliphatic rings. The fourth-order valence-corrected chi connectivity index (χ4v) is 8.25. The molecule has 9 heteroatoms. The van der Waals surface area contributed by atoms with Gasteiger partial charge in [-0.15, -0.1) is 0 Å². The van der Waals surface area contributed by atoms with Gasteiger partial charge >= 0.3 is 0 Å². The van der Waals surface area contributed by atoms with Gasteiger partial charge in [0.05, 0.1) is 16.3 Å². The van der Waals surface area contributed by atoms with Crippen molar-refractivity contribution in [1.82, 2.24) is 0 Å². The number of hydrogen-bond donors (Lipinski definition) is 2. The SMILES string of the molecule is CC1(C)CC2=C(C(c3ccc(OCc4ccccc4)cc3F)N(C(=O)c3ccccc3)c3cccc(O)c3N2)S(=O)(=O)C1. The van der Waals surface area contributed by atoms with E-state index in [1.165, 1.54) is 23.1 Å². The Hall–Kier alpha value is -4.63. The first-order chi connectivity index (χ1) is 20.5. The minimum Gasteiger partial charge on any atom is -0.506 e. The summed E-state index contributed by atoms with van der Waals surface area (Å²) in [6, 6.07) is 25.4. The summed E-state index contributed by atoms with van der Waals surface area (Å²) in [5, 5.41) is 14.1. The number of ether oxygens (including phenoxy) is 1. The van der Waals surface area contributed by atoms with Crippen molar-refractivity contribution in [2.45, 2.75) is 32.9 Å². The molecular weight excluding hydrogens is 567 g/mol. The first-order valence-corrected chi connectivity index (χ1v) is 15.6. The summed E-state index contributed by atoms with van der Waals surface area (Å²) in [6.07, 6.45) is 0.305. The van der Waals surface area contributed by atoms with Gasteiger partial charge in [-0.2, -0.15) is 0 Å². The Balaban J connectivity index is 1.56. The predicted molar refractivity (Wildman–Crippen MR) is 164 cm³/mol. The van der Waals surface area contributed by atoms with Gasteiger partial charge in [-0.3, -0.25) is 9.69 Å². The van der Waals surface area contributed by atoms with Gasteiger partial charge in [-0.05, 0) is 53.8 Å². The first kappa shape index (κ1) is 28.5. The van der Waals surface area contributed by atoms with Crippen LogP contribution >= 0.6 is 0 Å². The van der Waals surface area contributed by atoms with Gasteiger partial charge in [0.1, 0.15) is 35.7 Å². The van der Waals surface area contributed by atoms with Gasteiger partial charge in [-0.1, -0.05) is 68.4 Å². The summed E-state index contributed by atoms with van der Waals surface area (Å²) in [5.41, 5.74) is 1.25. The molecule has 2 aliphatic heterocycles. The molecule has 4 aromatic carbocycles. The van der Waals surface area contributed by atoms with Crippen molar-refractivity contribution in [2.75, 3.05) is 16.0 Å². The highest BCUT2D eigenvalue weighted by atomic mass is 32.2. The van der Waals surface area contributed by atoms with Crippen LogP contribution in [0.3, 0.4) is 0 Å². The lowest BCUT2D eigenvalue weighted by Gasteiger charge is -2.37. The molecule has 0 saturated heterocycles. The molecule has 7 nitrogen and oxygen atoms in total. The summed E-state index contributed by atoms with van der Waals surface area (Å²) in [4.78, 5) is 15.5. The number of phenolic OH excluding ortho intramolecular Hbond substituents is 1. The number of rotatable bonds is 5. The van der Waals surface area contributed by atoms with Crippen LogP contribution in [0.1, 0.15) is 47.8 Å². The van der Waals surface area contributed by atoms with Crippen LogP contribution in [0.25, 0.3) is 0 Å². The lowest BCUT2D eigenvalue weighted by atomic mass is 9.88. The van der Waals surface area contributed by atoms with Crippen molar-refractivity contribution in [2.24, 2.45) is 5.41 Å². The van der Waals surface area contributed by atoms with Crippen molar-refractivity contribution < 1.29 is 27.4 Å². The number of benzene rings is 4. The Bertz CT molecular complexity index is 1840. The molecule has 0 radical (unpaired) electrons. The average Bonchev–Trinajstić information content (AvgIpc) is 3.11. The number of fused-ring (bicyclic) bond motifs is 1. The minimum absolute atomic E-state index is 0.00915. The summed E-state index contributed by atoms with van der Waals surface area (Å²) in [6.45, 7) is 3.90. The minimum atomic E-state index is -4.02. The summed E-state index contributed by atoms with van der Waals surface area (Å²) in [7, 11) is -4.02. The van der Waals surface area contributed by atoms with Gasteiger partial charge in [-0.25, -0.2) is 12.8 Å². The van der Waals surface area contributed by atoms with E-state index >= 15 is 4.39 Å². The quantitative estimate of drug-likeness (QED) is 0.241. The largest absolute Gasteiger partial charge is 0.506 e. The van der Waals surface area contributed by atoms with Crippen molar-refractivity contribution in [3.05, 3.63) is 130 Å². The summed E-state index contributed by atoms with van der Waals surface area (Å²) in [5.74, 6) is -1.36. The molecule has 0 fully saturated rings. The molecule has 0 aromatic heterocycles. The maximum Gasteiger partial charge on any atom is 0.259 e.